The number of nitro groups is 1. The fraction of sp³-hybridized carbons (Fsp3) is 0.455. The lowest BCUT2D eigenvalue weighted by Crippen LogP contribution is -2.04. The van der Waals surface area contributed by atoms with Crippen LogP contribution in [-0.2, 0) is 0 Å². The molecule has 0 aliphatic rings. The van der Waals surface area contributed by atoms with Gasteiger partial charge in [0.1, 0.15) is 5.69 Å². The Bertz CT molecular complexity index is 464. The number of hydrogen-bond donors (Lipinski definition) is 1. The smallest absolute Gasteiger partial charge is 0.354 e. The van der Waals surface area contributed by atoms with Crippen LogP contribution in [0.25, 0.3) is 0 Å². The van der Waals surface area contributed by atoms with E-state index in [-0.39, 0.29) is 16.4 Å². The highest BCUT2D eigenvalue weighted by atomic mass is 32.2. The zero-order chi connectivity index (χ0) is 13.7. The molecule has 0 aromatic carbocycles. The number of carbonyl (C=O) groups is 1. The van der Waals surface area contributed by atoms with Crippen molar-refractivity contribution in [1.82, 2.24) is 4.98 Å². The standard InChI is InChI=1S/C11H14N2O4S/c1-3-7(2)6-18-10-9(13(16)17)5-4-8(12-10)11(14)15/h4-5,7H,3,6H2,1-2H3,(H,14,15). The summed E-state index contributed by atoms with van der Waals surface area (Å²) >= 11 is 1.22. The summed E-state index contributed by atoms with van der Waals surface area (Å²) in [7, 11) is 0. The van der Waals surface area contributed by atoms with Crippen molar-refractivity contribution in [3.8, 4) is 0 Å². The molecule has 0 saturated heterocycles. The van der Waals surface area contributed by atoms with Gasteiger partial charge in [-0.2, -0.15) is 0 Å². The van der Waals surface area contributed by atoms with Gasteiger partial charge in [-0.25, -0.2) is 9.78 Å². The Labute approximate surface area is 109 Å². The molecule has 1 rings (SSSR count). The third-order valence-corrected chi connectivity index (χ3v) is 3.77. The van der Waals surface area contributed by atoms with Gasteiger partial charge in [-0.3, -0.25) is 10.1 Å². The van der Waals surface area contributed by atoms with Gasteiger partial charge in [-0.05, 0) is 12.0 Å². The molecule has 0 saturated carbocycles. The van der Waals surface area contributed by atoms with Crippen LogP contribution in [0.2, 0.25) is 0 Å². The van der Waals surface area contributed by atoms with Crippen molar-refractivity contribution in [3.63, 3.8) is 0 Å². The molecule has 98 valence electrons. The summed E-state index contributed by atoms with van der Waals surface area (Å²) < 4.78 is 0. The Morgan fingerprint density at radius 1 is 1.61 bits per heavy atom. The number of thioether (sulfide) groups is 1. The molecular formula is C11H14N2O4S. The van der Waals surface area contributed by atoms with Crippen molar-refractivity contribution in [2.75, 3.05) is 5.75 Å². The van der Waals surface area contributed by atoms with E-state index in [1.54, 1.807) is 0 Å². The van der Waals surface area contributed by atoms with E-state index in [1.807, 2.05) is 13.8 Å². The molecule has 0 bridgehead atoms. The Balaban J connectivity index is 3.00. The number of rotatable bonds is 6. The maximum Gasteiger partial charge on any atom is 0.354 e. The summed E-state index contributed by atoms with van der Waals surface area (Å²) in [4.78, 5) is 24.9. The van der Waals surface area contributed by atoms with Crippen LogP contribution in [0.3, 0.4) is 0 Å². The van der Waals surface area contributed by atoms with Gasteiger partial charge in [0, 0.05) is 11.8 Å². The minimum atomic E-state index is -1.18. The lowest BCUT2D eigenvalue weighted by molar-refractivity contribution is -0.388. The van der Waals surface area contributed by atoms with Crippen LogP contribution < -0.4 is 0 Å². The van der Waals surface area contributed by atoms with E-state index >= 15 is 0 Å². The van der Waals surface area contributed by atoms with E-state index in [0.29, 0.717) is 11.7 Å². The first kappa shape index (κ1) is 14.4. The molecule has 7 heteroatoms. The highest BCUT2D eigenvalue weighted by Crippen LogP contribution is 2.29. The van der Waals surface area contributed by atoms with Crippen LogP contribution >= 0.6 is 11.8 Å². The molecule has 0 spiro atoms. The van der Waals surface area contributed by atoms with E-state index in [4.69, 9.17) is 5.11 Å². The molecule has 0 radical (unpaired) electrons. The van der Waals surface area contributed by atoms with Crippen molar-refractivity contribution in [3.05, 3.63) is 27.9 Å². The van der Waals surface area contributed by atoms with Crippen molar-refractivity contribution in [1.29, 1.82) is 0 Å². The van der Waals surface area contributed by atoms with E-state index in [1.165, 1.54) is 17.8 Å². The van der Waals surface area contributed by atoms with Crippen LogP contribution in [-0.4, -0.2) is 26.7 Å². The van der Waals surface area contributed by atoms with E-state index < -0.39 is 10.9 Å². The molecule has 0 fully saturated rings. The topological polar surface area (TPSA) is 93.3 Å². The van der Waals surface area contributed by atoms with Crippen molar-refractivity contribution >= 4 is 23.4 Å². The maximum absolute atomic E-state index is 10.8. The molecule has 0 amide bonds. The van der Waals surface area contributed by atoms with Crippen molar-refractivity contribution in [2.24, 2.45) is 5.92 Å². The molecule has 1 N–H and O–H groups in total. The summed E-state index contributed by atoms with van der Waals surface area (Å²) in [6.07, 6.45) is 0.958. The molecule has 1 unspecified atom stereocenters. The molecule has 18 heavy (non-hydrogen) atoms. The molecule has 0 aliphatic heterocycles. The van der Waals surface area contributed by atoms with Crippen LogP contribution in [0, 0.1) is 16.0 Å². The van der Waals surface area contributed by atoms with E-state index in [2.05, 4.69) is 4.98 Å². The average Bonchev–Trinajstić information content (AvgIpc) is 2.35. The summed E-state index contributed by atoms with van der Waals surface area (Å²) in [5.41, 5.74) is -0.319. The van der Waals surface area contributed by atoms with Gasteiger partial charge in [0.2, 0.25) is 0 Å². The minimum absolute atomic E-state index is 0.145. The fourth-order valence-corrected chi connectivity index (χ4v) is 2.27. The third-order valence-electron chi connectivity index (χ3n) is 2.46. The average molecular weight is 270 g/mol. The molecule has 6 nitrogen and oxygen atoms in total. The molecule has 1 aromatic rings. The van der Waals surface area contributed by atoms with Gasteiger partial charge < -0.3 is 5.11 Å². The van der Waals surface area contributed by atoms with Crippen LogP contribution in [0.5, 0.6) is 0 Å². The largest absolute Gasteiger partial charge is 0.477 e. The first-order valence-corrected chi connectivity index (χ1v) is 6.45. The first-order valence-electron chi connectivity index (χ1n) is 5.47. The molecule has 1 atom stereocenters. The predicted octanol–water partition coefficient (Wildman–Crippen LogP) is 2.83. The number of aromatic nitrogens is 1. The second-order valence-corrected chi connectivity index (χ2v) is 4.92. The van der Waals surface area contributed by atoms with Gasteiger partial charge in [0.15, 0.2) is 5.03 Å². The number of hydrogen-bond acceptors (Lipinski definition) is 5. The lowest BCUT2D eigenvalue weighted by atomic mass is 10.2. The van der Waals surface area contributed by atoms with Gasteiger partial charge in [0.25, 0.3) is 0 Å². The van der Waals surface area contributed by atoms with Crippen LogP contribution in [0.1, 0.15) is 30.8 Å². The number of carboxylic acid groups (broad SMARTS) is 1. The molecule has 1 aromatic heterocycles. The van der Waals surface area contributed by atoms with Gasteiger partial charge in [-0.15, -0.1) is 0 Å². The summed E-state index contributed by atoms with van der Waals surface area (Å²) in [5, 5.41) is 19.8. The van der Waals surface area contributed by atoms with Crippen molar-refractivity contribution in [2.45, 2.75) is 25.3 Å². The van der Waals surface area contributed by atoms with Gasteiger partial charge in [-0.1, -0.05) is 32.0 Å². The number of carboxylic acids is 1. The quantitative estimate of drug-likeness (QED) is 0.485. The van der Waals surface area contributed by atoms with E-state index in [0.717, 1.165) is 12.5 Å². The molecular weight excluding hydrogens is 256 g/mol. The van der Waals surface area contributed by atoms with Crippen LogP contribution in [0.4, 0.5) is 5.69 Å². The summed E-state index contributed by atoms with van der Waals surface area (Å²) in [6.45, 7) is 4.06. The first-order chi connectivity index (χ1) is 8.45. The second-order valence-electron chi connectivity index (χ2n) is 3.91. The monoisotopic (exact) mass is 270 g/mol. The van der Waals surface area contributed by atoms with Gasteiger partial charge in [0.05, 0.1) is 4.92 Å². The summed E-state index contributed by atoms with van der Waals surface area (Å²) in [5.74, 6) is -0.117. The number of pyridine rings is 1. The van der Waals surface area contributed by atoms with Crippen LogP contribution in [0.15, 0.2) is 17.2 Å². The number of aromatic carboxylic acids is 1. The lowest BCUT2D eigenvalue weighted by Gasteiger charge is -2.07. The fourth-order valence-electron chi connectivity index (χ4n) is 1.14. The van der Waals surface area contributed by atoms with Gasteiger partial charge >= 0.3 is 11.7 Å². The maximum atomic E-state index is 10.8. The normalized spacial score (nSPS) is 12.1. The molecule has 0 aliphatic carbocycles. The second kappa shape index (κ2) is 6.34. The zero-order valence-corrected chi connectivity index (χ0v) is 10.9. The third kappa shape index (κ3) is 3.69. The SMILES string of the molecule is CCC(C)CSc1nc(C(=O)O)ccc1[N+](=O)[O-]. The zero-order valence-electron chi connectivity index (χ0n) is 10.1. The number of nitrogens with zero attached hydrogens (tertiary/aromatic N) is 2. The Kier molecular flexibility index (Phi) is 5.08. The van der Waals surface area contributed by atoms with Crippen molar-refractivity contribution < 1.29 is 14.8 Å². The summed E-state index contributed by atoms with van der Waals surface area (Å²) in [6, 6.07) is 2.34. The molecule has 1 heterocycles. The highest BCUT2D eigenvalue weighted by molar-refractivity contribution is 7.99. The predicted molar refractivity (Wildman–Crippen MR) is 68.0 cm³/mol. The highest BCUT2D eigenvalue weighted by Gasteiger charge is 2.19. The Hall–Kier alpha value is -1.63. The van der Waals surface area contributed by atoms with E-state index in [9.17, 15) is 14.9 Å². The Morgan fingerprint density at radius 2 is 2.28 bits per heavy atom. The minimum Gasteiger partial charge on any atom is -0.477 e. The Morgan fingerprint density at radius 3 is 2.78 bits per heavy atom.